The zero-order valence-electron chi connectivity index (χ0n) is 8.06. The summed E-state index contributed by atoms with van der Waals surface area (Å²) < 4.78 is 13.3. The molecule has 1 aromatic rings. The number of benzene rings is 1. The van der Waals surface area contributed by atoms with Crippen LogP contribution in [0.3, 0.4) is 0 Å². The maximum Gasteiger partial charge on any atom is 0.252 e. The van der Waals surface area contributed by atoms with E-state index in [4.69, 9.17) is 11.6 Å². The summed E-state index contributed by atoms with van der Waals surface area (Å²) in [6.45, 7) is 2.12. The highest BCUT2D eigenvalue weighted by atomic mass is 79.9. The molecule has 0 fully saturated rings. The summed E-state index contributed by atoms with van der Waals surface area (Å²) in [4.78, 5) is 11.6. The van der Waals surface area contributed by atoms with Crippen molar-refractivity contribution < 1.29 is 9.18 Å². The average molecular weight is 295 g/mol. The van der Waals surface area contributed by atoms with E-state index < -0.39 is 5.82 Å². The molecule has 0 spiro atoms. The molecule has 15 heavy (non-hydrogen) atoms. The monoisotopic (exact) mass is 293 g/mol. The zero-order chi connectivity index (χ0) is 11.4. The maximum atomic E-state index is 13.1. The fourth-order valence-electron chi connectivity index (χ4n) is 1.01. The smallest absolute Gasteiger partial charge is 0.252 e. The van der Waals surface area contributed by atoms with Crippen LogP contribution in [0.25, 0.3) is 0 Å². The molecule has 0 aliphatic carbocycles. The van der Waals surface area contributed by atoms with E-state index in [9.17, 15) is 9.18 Å². The van der Waals surface area contributed by atoms with Crippen molar-refractivity contribution in [2.45, 2.75) is 12.3 Å². The van der Waals surface area contributed by atoms with E-state index in [1.54, 1.807) is 13.0 Å². The van der Waals surface area contributed by atoms with Crippen molar-refractivity contribution in [1.82, 2.24) is 5.32 Å². The minimum absolute atomic E-state index is 0.152. The lowest BCUT2D eigenvalue weighted by molar-refractivity contribution is 0.0952. The zero-order valence-corrected chi connectivity index (χ0v) is 10.4. The third kappa shape index (κ3) is 3.47. The summed E-state index contributed by atoms with van der Waals surface area (Å²) >= 11 is 8.70. The lowest BCUT2D eigenvalue weighted by Gasteiger charge is -2.08. The Morgan fingerprint density at radius 1 is 1.67 bits per heavy atom. The summed E-state index contributed by atoms with van der Waals surface area (Å²) in [5.41, 5.74) is 0.271. The molecule has 1 atom stereocenters. The largest absolute Gasteiger partial charge is 0.351 e. The first kappa shape index (κ1) is 12.5. The Kier molecular flexibility index (Phi) is 4.54. The molecule has 1 aromatic carbocycles. The van der Waals surface area contributed by atoms with Gasteiger partial charge in [-0.2, -0.15) is 0 Å². The molecule has 1 N–H and O–H groups in total. The first-order chi connectivity index (χ1) is 7.02. The fraction of sp³-hybridized carbons (Fsp3) is 0.300. The predicted molar refractivity (Wildman–Crippen MR) is 61.7 cm³/mol. The molecule has 82 valence electrons. The van der Waals surface area contributed by atoms with Crippen molar-refractivity contribution in [3.63, 3.8) is 0 Å². The molecule has 1 unspecified atom stereocenters. The molecule has 0 radical (unpaired) electrons. The molecule has 0 saturated carbocycles. The highest BCUT2D eigenvalue weighted by molar-refractivity contribution is 9.10. The summed E-state index contributed by atoms with van der Waals surface area (Å²) in [7, 11) is 0. The van der Waals surface area contributed by atoms with E-state index in [0.717, 1.165) is 0 Å². The number of hydrogen-bond donors (Lipinski definition) is 1. The molecule has 2 nitrogen and oxygen atoms in total. The van der Waals surface area contributed by atoms with Gasteiger partial charge in [-0.1, -0.05) is 6.07 Å². The van der Waals surface area contributed by atoms with E-state index in [-0.39, 0.29) is 21.3 Å². The van der Waals surface area contributed by atoms with Gasteiger partial charge >= 0.3 is 0 Å². The minimum atomic E-state index is -0.457. The van der Waals surface area contributed by atoms with Crippen LogP contribution in [0.15, 0.2) is 22.7 Å². The van der Waals surface area contributed by atoms with Gasteiger partial charge in [0, 0.05) is 11.9 Å². The number of alkyl halides is 1. The number of amides is 1. The molecular formula is C10H10BrClFNO. The summed E-state index contributed by atoms with van der Waals surface area (Å²) in [6.07, 6.45) is 0. The van der Waals surface area contributed by atoms with Gasteiger partial charge in [0.2, 0.25) is 0 Å². The molecular weight excluding hydrogens is 284 g/mol. The summed E-state index contributed by atoms with van der Waals surface area (Å²) in [6, 6.07) is 4.31. The van der Waals surface area contributed by atoms with Crippen LogP contribution in [-0.2, 0) is 0 Å². The topological polar surface area (TPSA) is 29.1 Å². The van der Waals surface area contributed by atoms with Crippen molar-refractivity contribution in [1.29, 1.82) is 0 Å². The Hall–Kier alpha value is -0.610. The van der Waals surface area contributed by atoms with E-state index in [2.05, 4.69) is 21.2 Å². The van der Waals surface area contributed by atoms with Gasteiger partial charge in [-0.15, -0.1) is 11.6 Å². The third-order valence-electron chi connectivity index (χ3n) is 1.74. The van der Waals surface area contributed by atoms with E-state index in [1.807, 2.05) is 0 Å². The average Bonchev–Trinajstić information content (AvgIpc) is 2.18. The summed E-state index contributed by atoms with van der Waals surface area (Å²) in [5, 5.41) is 2.45. The van der Waals surface area contributed by atoms with Crippen LogP contribution in [0.2, 0.25) is 0 Å². The Morgan fingerprint density at radius 3 is 2.93 bits per heavy atom. The van der Waals surface area contributed by atoms with E-state index in [0.29, 0.717) is 6.54 Å². The van der Waals surface area contributed by atoms with Crippen molar-refractivity contribution in [3.8, 4) is 0 Å². The van der Waals surface area contributed by atoms with Gasteiger partial charge in [0.15, 0.2) is 0 Å². The Bertz CT molecular complexity index is 370. The van der Waals surface area contributed by atoms with Crippen molar-refractivity contribution in [2.24, 2.45) is 0 Å². The normalized spacial score (nSPS) is 12.3. The van der Waals surface area contributed by atoms with Crippen LogP contribution >= 0.6 is 27.5 Å². The number of rotatable bonds is 3. The van der Waals surface area contributed by atoms with Gasteiger partial charge in [0.05, 0.1) is 10.0 Å². The minimum Gasteiger partial charge on any atom is -0.351 e. The van der Waals surface area contributed by atoms with E-state index in [1.165, 1.54) is 12.1 Å². The standard InChI is InChI=1S/C10H10BrClFNO/c1-6(12)5-14-10(15)7-3-2-4-8(13)9(7)11/h2-4,6H,5H2,1H3,(H,14,15). The second kappa shape index (κ2) is 5.47. The number of hydrogen-bond acceptors (Lipinski definition) is 1. The van der Waals surface area contributed by atoms with Crippen molar-refractivity contribution >= 4 is 33.4 Å². The molecule has 0 saturated heterocycles. The number of nitrogens with one attached hydrogen (secondary N) is 1. The Balaban J connectivity index is 2.78. The molecule has 0 aliphatic heterocycles. The van der Waals surface area contributed by atoms with Crippen LogP contribution in [0.4, 0.5) is 4.39 Å². The van der Waals surface area contributed by atoms with Crippen molar-refractivity contribution in [2.75, 3.05) is 6.54 Å². The Morgan fingerprint density at radius 2 is 2.33 bits per heavy atom. The lowest BCUT2D eigenvalue weighted by atomic mass is 10.2. The van der Waals surface area contributed by atoms with Gasteiger partial charge in [0.25, 0.3) is 5.91 Å². The van der Waals surface area contributed by atoms with E-state index >= 15 is 0 Å². The molecule has 0 aliphatic rings. The lowest BCUT2D eigenvalue weighted by Crippen LogP contribution is -2.28. The van der Waals surface area contributed by atoms with Crippen LogP contribution in [0.1, 0.15) is 17.3 Å². The first-order valence-electron chi connectivity index (χ1n) is 4.38. The molecule has 1 amide bonds. The molecule has 1 rings (SSSR count). The van der Waals surface area contributed by atoms with Gasteiger partial charge in [-0.05, 0) is 35.0 Å². The van der Waals surface area contributed by atoms with Gasteiger partial charge in [0.1, 0.15) is 5.82 Å². The molecule has 0 heterocycles. The molecule has 5 heteroatoms. The van der Waals surface area contributed by atoms with Gasteiger partial charge in [-0.25, -0.2) is 4.39 Å². The second-order valence-electron chi connectivity index (χ2n) is 3.09. The highest BCUT2D eigenvalue weighted by Gasteiger charge is 2.12. The number of carbonyl (C=O) groups is 1. The molecule has 0 aromatic heterocycles. The highest BCUT2D eigenvalue weighted by Crippen LogP contribution is 2.20. The van der Waals surface area contributed by atoms with Crippen LogP contribution < -0.4 is 5.32 Å². The van der Waals surface area contributed by atoms with Crippen LogP contribution in [0, 0.1) is 5.82 Å². The third-order valence-corrected chi connectivity index (χ3v) is 2.70. The maximum absolute atomic E-state index is 13.1. The van der Waals surface area contributed by atoms with Crippen LogP contribution in [0.5, 0.6) is 0 Å². The first-order valence-corrected chi connectivity index (χ1v) is 5.61. The summed E-state index contributed by atoms with van der Waals surface area (Å²) in [5.74, 6) is -0.796. The van der Waals surface area contributed by atoms with Crippen LogP contribution in [-0.4, -0.2) is 17.8 Å². The predicted octanol–water partition coefficient (Wildman–Crippen LogP) is 2.95. The number of halogens is 3. The SMILES string of the molecule is CC(Cl)CNC(=O)c1cccc(F)c1Br. The van der Waals surface area contributed by atoms with Gasteiger partial charge in [-0.3, -0.25) is 4.79 Å². The number of carbonyl (C=O) groups excluding carboxylic acids is 1. The second-order valence-corrected chi connectivity index (χ2v) is 4.63. The Labute approximate surface area is 101 Å². The molecule has 0 bridgehead atoms. The van der Waals surface area contributed by atoms with Gasteiger partial charge < -0.3 is 5.32 Å². The van der Waals surface area contributed by atoms with Crippen molar-refractivity contribution in [3.05, 3.63) is 34.1 Å². The fourth-order valence-corrected chi connectivity index (χ4v) is 1.53. The quantitative estimate of drug-likeness (QED) is 0.853.